The molecular weight excluding hydrogens is 1070 g/mol. The minimum Gasteiger partial charge on any atom is -0.394 e. The molecule has 4 rings (SSSR count). The molecule has 4 amide bonds. The van der Waals surface area contributed by atoms with Crippen LogP contribution in [0.4, 0.5) is 22.7 Å². The molecule has 450 valence electrons. The van der Waals surface area contributed by atoms with Gasteiger partial charge in [0, 0.05) is 82.7 Å². The molecule has 2 aliphatic heterocycles. The van der Waals surface area contributed by atoms with Crippen LogP contribution in [-0.4, -0.2) is 292 Å². The zero-order valence-corrected chi connectivity index (χ0v) is 43.4. The molecule has 0 aliphatic carbocycles. The summed E-state index contributed by atoms with van der Waals surface area (Å²) in [4.78, 5) is 60.1. The first-order valence-electron chi connectivity index (χ1n) is 25.4. The molecular formula is C49H75N7O24. The maximum atomic E-state index is 13.3. The van der Waals surface area contributed by atoms with Gasteiger partial charge in [-0.15, -0.1) is 0 Å². The summed E-state index contributed by atoms with van der Waals surface area (Å²) in [7, 11) is 0. The lowest BCUT2D eigenvalue weighted by Gasteiger charge is -2.42. The van der Waals surface area contributed by atoms with Crippen molar-refractivity contribution >= 4 is 58.8 Å². The Morgan fingerprint density at radius 2 is 1.00 bits per heavy atom. The van der Waals surface area contributed by atoms with Gasteiger partial charge in [-0.2, -0.15) is 0 Å². The number of nitrogens with zero attached hydrogens (tertiary/aromatic N) is 3. The van der Waals surface area contributed by atoms with Crippen molar-refractivity contribution in [3.63, 3.8) is 0 Å². The van der Waals surface area contributed by atoms with E-state index in [2.05, 4.69) is 31.3 Å². The van der Waals surface area contributed by atoms with Crippen LogP contribution in [0.2, 0.25) is 0 Å². The van der Waals surface area contributed by atoms with Gasteiger partial charge in [0.15, 0.2) is 12.6 Å². The fourth-order valence-corrected chi connectivity index (χ4v) is 7.99. The number of amides is 4. The van der Waals surface area contributed by atoms with Crippen LogP contribution in [0, 0.1) is 0 Å². The van der Waals surface area contributed by atoms with Crippen molar-refractivity contribution in [2.24, 2.45) is 9.98 Å². The number of anilines is 2. The Kier molecular flexibility index (Phi) is 28.3. The Morgan fingerprint density at radius 1 is 0.575 bits per heavy atom. The number of hydrogen-bond acceptors (Lipinski definition) is 27. The summed E-state index contributed by atoms with van der Waals surface area (Å²) in [5.74, 6) is -1.65. The number of carbonyl (C=O) groups excluding carboxylic acids is 4. The molecule has 2 saturated heterocycles. The van der Waals surface area contributed by atoms with Gasteiger partial charge >= 0.3 is 0 Å². The first-order valence-corrected chi connectivity index (χ1v) is 25.4. The Morgan fingerprint density at radius 3 is 1.39 bits per heavy atom. The predicted octanol–water partition coefficient (Wildman–Crippen LogP) is -8.09. The number of carbonyl (C=O) groups is 4. The van der Waals surface area contributed by atoms with Crippen LogP contribution in [0.1, 0.15) is 26.2 Å². The van der Waals surface area contributed by atoms with Crippen molar-refractivity contribution in [2.75, 3.05) is 69.8 Å². The molecule has 18 atom stereocenters. The molecule has 0 aromatic heterocycles. The van der Waals surface area contributed by atoms with Gasteiger partial charge in [-0.3, -0.25) is 29.2 Å². The van der Waals surface area contributed by atoms with Crippen molar-refractivity contribution < 1.29 is 120 Å². The number of aliphatic hydroxyl groups excluding tert-OH is 16. The highest BCUT2D eigenvalue weighted by Gasteiger charge is 2.48. The van der Waals surface area contributed by atoms with Gasteiger partial charge < -0.3 is 127 Å². The van der Waals surface area contributed by atoms with Gasteiger partial charge in [-0.25, -0.2) is 0 Å². The van der Waals surface area contributed by atoms with Crippen molar-refractivity contribution in [3.05, 3.63) is 48.5 Å². The van der Waals surface area contributed by atoms with E-state index in [0.717, 1.165) is 12.4 Å². The molecule has 31 nitrogen and oxygen atoms in total. The van der Waals surface area contributed by atoms with E-state index >= 15 is 0 Å². The lowest BCUT2D eigenvalue weighted by molar-refractivity contribution is -0.326. The standard InChI is InChI=1S/C49H75N7O24/c1-24(61)50-11-8-35(66)51-12-15-56(13-9-36(67)54-27-6-2-4-25(16-27)52-18-29(62)38(69)46(31(64)20-57)79-48-44(75)42(73)40(71)33(22-59)77-48)14-10-37(68)55-28-7-3-5-26(17-28)53-19-30(63)39(70)47(32(65)21-58)80-49-45(76)43(74)41(72)34(23-60)78-49/h2-7,16-19,29-34,38-49,57-60,62-65,69-76H,8-15,20-23H2,1H3,(H,50,61)(H,51,66)(H,54,67)(H,55,68)/t29?,30?,31?,32?,33?,34?,38-,39-,40+,41+,42+,43+,44?,45?,46+,47+,48-,49-/m0/s1. The van der Waals surface area contributed by atoms with Crippen LogP contribution in [0.5, 0.6) is 0 Å². The monoisotopic (exact) mass is 1150 g/mol. The smallest absolute Gasteiger partial charge is 0.225 e. The van der Waals surface area contributed by atoms with Crippen molar-refractivity contribution in [2.45, 2.75) is 136 Å². The molecule has 2 aliphatic rings. The molecule has 0 bridgehead atoms. The largest absolute Gasteiger partial charge is 0.394 e. The SMILES string of the molecule is CC(=O)NCCC(=O)NCCN(CCC(=O)Nc1cccc(N=CC(O)[C@H](O)[C@H](O[C@@H]2OC(CO)[C@@H](O)[C@@H](O)C2O)C(O)CO)c1)CCC(=O)Nc1cccc(N=CC(O)[C@H](O)[C@H](O[C@@H]2OC(CO)[C@@H](O)[C@@H](O)C2O)C(O)CO)c1. The third kappa shape index (κ3) is 20.7. The normalized spacial score (nSPS) is 26.5. The molecule has 0 radical (unpaired) electrons. The van der Waals surface area contributed by atoms with Gasteiger partial charge in [-0.05, 0) is 36.4 Å². The second-order valence-electron chi connectivity index (χ2n) is 18.7. The first kappa shape index (κ1) is 67.3. The number of nitrogens with one attached hydrogen (secondary N) is 4. The third-order valence-electron chi connectivity index (χ3n) is 12.6. The zero-order valence-electron chi connectivity index (χ0n) is 43.4. The Balaban J connectivity index is 1.36. The molecule has 2 heterocycles. The molecule has 0 spiro atoms. The molecule has 31 heteroatoms. The lowest BCUT2D eigenvalue weighted by atomic mass is 9.98. The van der Waals surface area contributed by atoms with Crippen LogP contribution in [0.25, 0.3) is 0 Å². The van der Waals surface area contributed by atoms with Crippen LogP contribution < -0.4 is 21.3 Å². The van der Waals surface area contributed by atoms with Gasteiger partial charge in [0.1, 0.15) is 97.7 Å². The van der Waals surface area contributed by atoms with E-state index in [1.54, 1.807) is 4.90 Å². The second kappa shape index (κ2) is 33.7. The van der Waals surface area contributed by atoms with Crippen LogP contribution in [0.15, 0.2) is 58.5 Å². The van der Waals surface area contributed by atoms with E-state index in [0.29, 0.717) is 0 Å². The number of hydrogen-bond donors (Lipinski definition) is 20. The van der Waals surface area contributed by atoms with E-state index in [9.17, 15) is 101 Å². The summed E-state index contributed by atoms with van der Waals surface area (Å²) in [6.07, 6.45) is -31.5. The number of aliphatic hydroxyl groups is 16. The quantitative estimate of drug-likeness (QED) is 0.0303. The minimum atomic E-state index is -2.04. The summed E-state index contributed by atoms with van der Waals surface area (Å²) in [5.41, 5.74) is 0.814. The van der Waals surface area contributed by atoms with E-state index in [1.165, 1.54) is 55.5 Å². The number of aliphatic imine (C=N–C) groups is 2. The number of benzene rings is 2. The molecule has 8 unspecified atom stereocenters. The van der Waals surface area contributed by atoms with Gasteiger partial charge in [0.2, 0.25) is 23.6 Å². The average Bonchev–Trinajstić information content (AvgIpc) is 3.44. The molecule has 0 saturated carbocycles. The maximum Gasteiger partial charge on any atom is 0.225 e. The fourth-order valence-electron chi connectivity index (χ4n) is 7.99. The molecule has 2 fully saturated rings. The van der Waals surface area contributed by atoms with E-state index in [1.807, 2.05) is 0 Å². The third-order valence-corrected chi connectivity index (χ3v) is 12.6. The highest BCUT2D eigenvalue weighted by atomic mass is 16.7. The van der Waals surface area contributed by atoms with Crippen LogP contribution in [-0.2, 0) is 38.1 Å². The Bertz CT molecular complexity index is 2150. The fraction of sp³-hybridized carbons (Fsp3) is 0.633. The summed E-state index contributed by atoms with van der Waals surface area (Å²) in [6.45, 7) is -1.77. The number of rotatable bonds is 32. The zero-order chi connectivity index (χ0) is 59.2. The molecule has 20 N–H and O–H groups in total. The highest BCUT2D eigenvalue weighted by Crippen LogP contribution is 2.28. The lowest BCUT2D eigenvalue weighted by Crippen LogP contribution is -2.61. The number of ether oxygens (including phenoxy) is 4. The summed E-state index contributed by atoms with van der Waals surface area (Å²) < 4.78 is 21.4. The summed E-state index contributed by atoms with van der Waals surface area (Å²) >= 11 is 0. The van der Waals surface area contributed by atoms with E-state index in [-0.39, 0.29) is 86.6 Å². The molecule has 2 aromatic carbocycles. The van der Waals surface area contributed by atoms with Crippen LogP contribution in [0.3, 0.4) is 0 Å². The van der Waals surface area contributed by atoms with Crippen molar-refractivity contribution in [1.29, 1.82) is 0 Å². The molecule has 2 aromatic rings. The maximum absolute atomic E-state index is 13.3. The highest BCUT2D eigenvalue weighted by molar-refractivity contribution is 5.92. The Hall–Kier alpha value is -5.18. The first-order chi connectivity index (χ1) is 38.0. The average molecular weight is 1150 g/mol. The van der Waals surface area contributed by atoms with Gasteiger partial charge in [0.25, 0.3) is 0 Å². The van der Waals surface area contributed by atoms with Gasteiger partial charge in [-0.1, -0.05) is 12.1 Å². The van der Waals surface area contributed by atoms with Gasteiger partial charge in [0.05, 0.1) is 37.8 Å². The Labute approximate surface area is 458 Å². The van der Waals surface area contributed by atoms with Crippen molar-refractivity contribution in [1.82, 2.24) is 15.5 Å². The summed E-state index contributed by atoms with van der Waals surface area (Å²) in [6, 6.07) is 11.9. The predicted molar refractivity (Wildman–Crippen MR) is 276 cm³/mol. The minimum absolute atomic E-state index is 0.00364. The topological polar surface area (TPSA) is 505 Å². The second-order valence-corrected chi connectivity index (χ2v) is 18.7. The summed E-state index contributed by atoms with van der Waals surface area (Å²) in [5, 5.41) is 174. The van der Waals surface area contributed by atoms with Crippen molar-refractivity contribution in [3.8, 4) is 0 Å². The van der Waals surface area contributed by atoms with E-state index < -0.39 is 148 Å². The molecule has 80 heavy (non-hydrogen) atoms. The van der Waals surface area contributed by atoms with Crippen LogP contribution >= 0.6 is 0 Å². The van der Waals surface area contributed by atoms with E-state index in [4.69, 9.17) is 18.9 Å².